The number of aliphatic hydroxyl groups is 1. The van der Waals surface area contributed by atoms with Gasteiger partial charge < -0.3 is 10.0 Å². The predicted octanol–water partition coefficient (Wildman–Crippen LogP) is 8.22. The molecule has 6 heteroatoms. The quantitative estimate of drug-likeness (QED) is 0.195. The van der Waals surface area contributed by atoms with Gasteiger partial charge in [0, 0.05) is 17.4 Å². The van der Waals surface area contributed by atoms with Crippen LogP contribution in [0.2, 0.25) is 0 Å². The number of nitrogens with zero attached hydrogens (tertiary/aromatic N) is 2. The number of β-lactam (4-membered cyclic amide) rings is 1. The standard InChI is InChI=1S/C36H30F2N2O2/c1-23-5-6-27(22-32(23)33-4-2-3-21-39-33)24-7-9-26(10-8-24)35-31(19-20-34(41)25-11-13-28(37)14-12-25)36(42)40(35)30-17-15-29(38)16-18-30/h2-18,21-22,31,34-35,41H,19-20H2,1H3/t31-,34+,35+/m1/s1. The fraction of sp³-hybridized carbons (Fsp3) is 0.167. The molecule has 1 N–H and O–H groups in total. The molecular formula is C36H30F2N2O2. The number of rotatable bonds is 8. The Morgan fingerprint density at radius 2 is 1.50 bits per heavy atom. The average Bonchev–Trinajstić information content (AvgIpc) is 3.02. The van der Waals surface area contributed by atoms with E-state index < -0.39 is 6.10 Å². The Bertz CT molecular complexity index is 1690. The summed E-state index contributed by atoms with van der Waals surface area (Å²) in [6.45, 7) is 2.07. The van der Waals surface area contributed by atoms with Gasteiger partial charge in [-0.3, -0.25) is 9.78 Å². The zero-order valence-electron chi connectivity index (χ0n) is 23.1. The SMILES string of the molecule is Cc1ccc(-c2ccc([C@H]3[C@@H](CC[C@H](O)c4ccc(F)cc4)C(=O)N3c3ccc(F)cc3)cc2)cc1-c1ccccn1. The molecule has 1 amide bonds. The number of amides is 1. The minimum Gasteiger partial charge on any atom is -0.388 e. The molecule has 3 atom stereocenters. The van der Waals surface area contributed by atoms with Crippen LogP contribution in [0.3, 0.4) is 0 Å². The van der Waals surface area contributed by atoms with Crippen molar-refractivity contribution in [2.75, 3.05) is 4.90 Å². The summed E-state index contributed by atoms with van der Waals surface area (Å²) in [5, 5.41) is 10.7. The normalized spacial score (nSPS) is 17.1. The van der Waals surface area contributed by atoms with Gasteiger partial charge in [0.05, 0.1) is 23.8 Å². The lowest BCUT2D eigenvalue weighted by molar-refractivity contribution is -0.131. The monoisotopic (exact) mass is 560 g/mol. The topological polar surface area (TPSA) is 53.4 Å². The van der Waals surface area contributed by atoms with Gasteiger partial charge in [-0.05, 0) is 102 Å². The Morgan fingerprint density at radius 3 is 2.17 bits per heavy atom. The molecule has 6 rings (SSSR count). The second-order valence-electron chi connectivity index (χ2n) is 10.7. The molecule has 5 aromatic rings. The Hall–Kier alpha value is -4.68. The van der Waals surface area contributed by atoms with E-state index in [2.05, 4.69) is 42.2 Å². The van der Waals surface area contributed by atoms with E-state index in [4.69, 9.17) is 0 Å². The molecule has 0 spiro atoms. The summed E-state index contributed by atoms with van der Waals surface area (Å²) in [7, 11) is 0. The third-order valence-electron chi connectivity index (χ3n) is 8.09. The van der Waals surface area contributed by atoms with Gasteiger partial charge in [-0.2, -0.15) is 0 Å². The van der Waals surface area contributed by atoms with Gasteiger partial charge in [-0.25, -0.2) is 8.78 Å². The molecule has 0 aliphatic carbocycles. The molecule has 1 aliphatic rings. The molecule has 1 fully saturated rings. The maximum atomic E-state index is 13.7. The van der Waals surface area contributed by atoms with E-state index >= 15 is 0 Å². The highest BCUT2D eigenvalue weighted by Crippen LogP contribution is 2.46. The number of aliphatic hydroxyl groups excluding tert-OH is 1. The molecule has 1 aromatic heterocycles. The maximum Gasteiger partial charge on any atom is 0.233 e. The number of pyridine rings is 1. The van der Waals surface area contributed by atoms with Gasteiger partial charge in [-0.1, -0.05) is 54.6 Å². The zero-order chi connectivity index (χ0) is 29.2. The first kappa shape index (κ1) is 27.5. The summed E-state index contributed by atoms with van der Waals surface area (Å²) in [5.41, 5.74) is 7.44. The van der Waals surface area contributed by atoms with Crippen molar-refractivity contribution in [2.24, 2.45) is 5.92 Å². The highest BCUT2D eigenvalue weighted by Gasteiger charge is 2.48. The number of anilines is 1. The van der Waals surface area contributed by atoms with E-state index in [1.54, 1.807) is 35.4 Å². The van der Waals surface area contributed by atoms with Gasteiger partial charge >= 0.3 is 0 Å². The Balaban J connectivity index is 1.27. The van der Waals surface area contributed by atoms with Crippen molar-refractivity contribution in [3.63, 3.8) is 0 Å². The van der Waals surface area contributed by atoms with Crippen LogP contribution in [0, 0.1) is 24.5 Å². The molecule has 1 aliphatic heterocycles. The first-order valence-corrected chi connectivity index (χ1v) is 14.0. The molecule has 2 heterocycles. The number of halogens is 2. The number of carbonyl (C=O) groups is 1. The Morgan fingerprint density at radius 1 is 0.833 bits per heavy atom. The van der Waals surface area contributed by atoms with Crippen molar-refractivity contribution in [3.05, 3.63) is 144 Å². The number of hydrogen-bond acceptors (Lipinski definition) is 3. The summed E-state index contributed by atoms with van der Waals surface area (Å²) in [4.78, 5) is 19.6. The molecule has 4 aromatic carbocycles. The van der Waals surface area contributed by atoms with E-state index in [-0.39, 0.29) is 29.5 Å². The van der Waals surface area contributed by atoms with Crippen molar-refractivity contribution in [1.29, 1.82) is 0 Å². The van der Waals surface area contributed by atoms with Crippen LogP contribution in [-0.2, 0) is 4.79 Å². The summed E-state index contributed by atoms with van der Waals surface area (Å²) in [5.74, 6) is -1.15. The molecule has 1 saturated heterocycles. The van der Waals surface area contributed by atoms with Crippen molar-refractivity contribution in [2.45, 2.75) is 31.9 Å². The van der Waals surface area contributed by atoms with Crippen LogP contribution in [0.5, 0.6) is 0 Å². The first-order valence-electron chi connectivity index (χ1n) is 14.0. The predicted molar refractivity (Wildman–Crippen MR) is 161 cm³/mol. The average molecular weight is 561 g/mol. The number of carbonyl (C=O) groups excluding carboxylic acids is 1. The molecule has 0 bridgehead atoms. The van der Waals surface area contributed by atoms with Crippen LogP contribution in [0.1, 0.15) is 41.7 Å². The van der Waals surface area contributed by atoms with Crippen molar-refractivity contribution in [3.8, 4) is 22.4 Å². The number of aromatic nitrogens is 1. The third-order valence-corrected chi connectivity index (χ3v) is 8.09. The van der Waals surface area contributed by atoms with Gasteiger partial charge in [0.2, 0.25) is 5.91 Å². The first-order chi connectivity index (χ1) is 20.4. The van der Waals surface area contributed by atoms with Crippen LogP contribution >= 0.6 is 0 Å². The van der Waals surface area contributed by atoms with Crippen molar-refractivity contribution in [1.82, 2.24) is 4.98 Å². The second-order valence-corrected chi connectivity index (χ2v) is 10.7. The highest BCUT2D eigenvalue weighted by molar-refractivity contribution is 6.03. The second kappa shape index (κ2) is 11.7. The molecule has 4 nitrogen and oxygen atoms in total. The van der Waals surface area contributed by atoms with Crippen LogP contribution in [0.4, 0.5) is 14.5 Å². The fourth-order valence-electron chi connectivity index (χ4n) is 5.76. The van der Waals surface area contributed by atoms with E-state index in [0.717, 1.165) is 33.5 Å². The van der Waals surface area contributed by atoms with Crippen molar-refractivity contribution >= 4 is 11.6 Å². The van der Waals surface area contributed by atoms with E-state index in [0.29, 0.717) is 24.1 Å². The summed E-state index contributed by atoms with van der Waals surface area (Å²) < 4.78 is 27.0. The van der Waals surface area contributed by atoms with Gasteiger partial charge in [0.25, 0.3) is 0 Å². The molecule has 0 unspecified atom stereocenters. The van der Waals surface area contributed by atoms with Crippen LogP contribution in [0.15, 0.2) is 115 Å². The van der Waals surface area contributed by atoms with E-state index in [9.17, 15) is 18.7 Å². The minimum atomic E-state index is -0.809. The maximum absolute atomic E-state index is 13.7. The van der Waals surface area contributed by atoms with Gasteiger partial charge in [0.15, 0.2) is 0 Å². The van der Waals surface area contributed by atoms with Gasteiger partial charge in [-0.15, -0.1) is 0 Å². The molecule has 0 saturated carbocycles. The smallest absolute Gasteiger partial charge is 0.233 e. The zero-order valence-corrected chi connectivity index (χ0v) is 23.1. The third kappa shape index (κ3) is 5.46. The molecule has 0 radical (unpaired) electrons. The van der Waals surface area contributed by atoms with Crippen LogP contribution in [0.25, 0.3) is 22.4 Å². The molecule has 42 heavy (non-hydrogen) atoms. The van der Waals surface area contributed by atoms with Gasteiger partial charge in [0.1, 0.15) is 11.6 Å². The number of aryl methyl sites for hydroxylation is 1. The largest absolute Gasteiger partial charge is 0.388 e. The minimum absolute atomic E-state index is 0.0690. The summed E-state index contributed by atoms with van der Waals surface area (Å²) in [6.07, 6.45) is 1.79. The van der Waals surface area contributed by atoms with E-state index in [1.165, 1.54) is 24.3 Å². The fourth-order valence-corrected chi connectivity index (χ4v) is 5.76. The number of benzene rings is 4. The lowest BCUT2D eigenvalue weighted by atomic mass is 9.78. The number of hydrogen-bond donors (Lipinski definition) is 1. The highest BCUT2D eigenvalue weighted by atomic mass is 19.1. The lowest BCUT2D eigenvalue weighted by Gasteiger charge is -2.48. The van der Waals surface area contributed by atoms with E-state index in [1.807, 2.05) is 30.3 Å². The van der Waals surface area contributed by atoms with Crippen LogP contribution in [-0.4, -0.2) is 16.0 Å². The Labute approximate surface area is 243 Å². The summed E-state index contributed by atoms with van der Waals surface area (Å²) >= 11 is 0. The Kier molecular flexibility index (Phi) is 7.64. The molecular weight excluding hydrogens is 530 g/mol. The molecule has 210 valence electrons. The van der Waals surface area contributed by atoms with Crippen molar-refractivity contribution < 1.29 is 18.7 Å². The lowest BCUT2D eigenvalue weighted by Crippen LogP contribution is -2.55. The summed E-state index contributed by atoms with van der Waals surface area (Å²) in [6, 6.07) is 31.8. The van der Waals surface area contributed by atoms with Crippen LogP contribution < -0.4 is 4.90 Å².